The van der Waals surface area contributed by atoms with Gasteiger partial charge in [-0.1, -0.05) is 6.92 Å². The van der Waals surface area contributed by atoms with Crippen LogP contribution in [-0.4, -0.2) is 51.5 Å². The minimum absolute atomic E-state index is 0.562. The molecular formula is C17H27N3O. The molecule has 2 unspecified atom stereocenters. The van der Waals surface area contributed by atoms with Crippen LogP contribution in [0, 0.1) is 0 Å². The van der Waals surface area contributed by atoms with E-state index in [1.54, 1.807) is 0 Å². The van der Waals surface area contributed by atoms with E-state index in [1.807, 2.05) is 0 Å². The summed E-state index contributed by atoms with van der Waals surface area (Å²) in [5.41, 5.74) is 2.67. The quantitative estimate of drug-likeness (QED) is 0.922. The molecule has 2 saturated heterocycles. The van der Waals surface area contributed by atoms with Crippen LogP contribution in [0.4, 0.5) is 11.4 Å². The van der Waals surface area contributed by atoms with E-state index in [4.69, 9.17) is 4.74 Å². The Kier molecular flexibility index (Phi) is 4.66. The zero-order valence-electron chi connectivity index (χ0n) is 13.2. The Morgan fingerprint density at radius 2 is 1.81 bits per heavy atom. The first-order valence-corrected chi connectivity index (χ1v) is 8.20. The molecule has 2 fully saturated rings. The summed E-state index contributed by atoms with van der Waals surface area (Å²) in [5, 5.41) is 3.58. The number of hydrogen-bond acceptors (Lipinski definition) is 4. The third kappa shape index (κ3) is 3.33. The molecule has 2 aliphatic heterocycles. The first-order valence-electron chi connectivity index (χ1n) is 8.20. The van der Waals surface area contributed by atoms with Crippen molar-refractivity contribution < 1.29 is 4.74 Å². The van der Waals surface area contributed by atoms with E-state index in [1.165, 1.54) is 17.8 Å². The van der Waals surface area contributed by atoms with E-state index in [2.05, 4.69) is 53.2 Å². The molecule has 1 N–H and O–H groups in total. The molecule has 0 amide bonds. The fraction of sp³-hybridized carbons (Fsp3) is 0.647. The molecule has 0 aliphatic carbocycles. The maximum atomic E-state index is 5.42. The summed E-state index contributed by atoms with van der Waals surface area (Å²) in [6.07, 6.45) is 1.19. The van der Waals surface area contributed by atoms with E-state index >= 15 is 0 Å². The maximum absolute atomic E-state index is 5.42. The predicted octanol–water partition coefficient (Wildman–Crippen LogP) is 2.10. The van der Waals surface area contributed by atoms with Crippen molar-refractivity contribution in [2.75, 3.05) is 49.2 Å². The normalized spacial score (nSPS) is 27.0. The topological polar surface area (TPSA) is 27.7 Å². The van der Waals surface area contributed by atoms with Gasteiger partial charge in [-0.15, -0.1) is 0 Å². The second-order valence-electron chi connectivity index (χ2n) is 6.14. The van der Waals surface area contributed by atoms with Gasteiger partial charge in [-0.25, -0.2) is 0 Å². The molecular weight excluding hydrogens is 262 g/mol. The molecule has 0 aromatic heterocycles. The molecule has 4 heteroatoms. The number of nitrogens with zero attached hydrogens (tertiary/aromatic N) is 2. The van der Waals surface area contributed by atoms with E-state index in [0.29, 0.717) is 12.1 Å². The van der Waals surface area contributed by atoms with Crippen molar-refractivity contribution in [1.29, 1.82) is 0 Å². The number of benzene rings is 1. The van der Waals surface area contributed by atoms with Crippen LogP contribution in [0.1, 0.15) is 20.3 Å². The van der Waals surface area contributed by atoms with Crippen molar-refractivity contribution in [3.05, 3.63) is 24.3 Å². The summed E-state index contributed by atoms with van der Waals surface area (Å²) in [6.45, 7) is 10.4. The lowest BCUT2D eigenvalue weighted by Gasteiger charge is -2.41. The van der Waals surface area contributed by atoms with Gasteiger partial charge in [0, 0.05) is 49.6 Å². The molecule has 0 radical (unpaired) electrons. The summed E-state index contributed by atoms with van der Waals surface area (Å²) in [5.74, 6) is 0. The van der Waals surface area contributed by atoms with Crippen LogP contribution in [0.3, 0.4) is 0 Å². The predicted molar refractivity (Wildman–Crippen MR) is 88.4 cm³/mol. The molecule has 0 spiro atoms. The van der Waals surface area contributed by atoms with E-state index in [0.717, 1.165) is 39.4 Å². The van der Waals surface area contributed by atoms with Crippen LogP contribution in [-0.2, 0) is 4.74 Å². The lowest BCUT2D eigenvalue weighted by Crippen LogP contribution is -2.55. The standard InChI is InChI=1S/C17H27N3O/c1-3-15-12-18-14(2)13-20(15)17-6-4-16(5-7-17)19-8-10-21-11-9-19/h4-7,14-15,18H,3,8-13H2,1-2H3. The van der Waals surface area contributed by atoms with Crippen LogP contribution in [0.5, 0.6) is 0 Å². The number of nitrogens with one attached hydrogen (secondary N) is 1. The molecule has 0 bridgehead atoms. The SMILES string of the molecule is CCC1CNC(C)CN1c1ccc(N2CCOCC2)cc1. The van der Waals surface area contributed by atoms with Crippen molar-refractivity contribution >= 4 is 11.4 Å². The molecule has 0 saturated carbocycles. The lowest BCUT2D eigenvalue weighted by atomic mass is 10.1. The third-order valence-electron chi connectivity index (χ3n) is 4.64. The highest BCUT2D eigenvalue weighted by Crippen LogP contribution is 2.25. The Balaban J connectivity index is 1.72. The van der Waals surface area contributed by atoms with Crippen LogP contribution >= 0.6 is 0 Å². The average molecular weight is 289 g/mol. The van der Waals surface area contributed by atoms with Gasteiger partial charge in [0.15, 0.2) is 0 Å². The van der Waals surface area contributed by atoms with Crippen molar-refractivity contribution in [3.8, 4) is 0 Å². The number of anilines is 2. The largest absolute Gasteiger partial charge is 0.378 e. The number of morpholine rings is 1. The Labute approximate surface area is 128 Å². The summed E-state index contributed by atoms with van der Waals surface area (Å²) in [6, 6.07) is 10.3. The van der Waals surface area contributed by atoms with Gasteiger partial charge in [-0.3, -0.25) is 0 Å². The van der Waals surface area contributed by atoms with Crippen LogP contribution in [0.15, 0.2) is 24.3 Å². The van der Waals surface area contributed by atoms with Crippen molar-refractivity contribution in [2.45, 2.75) is 32.4 Å². The van der Waals surface area contributed by atoms with Crippen molar-refractivity contribution in [2.24, 2.45) is 0 Å². The van der Waals surface area contributed by atoms with Gasteiger partial charge in [-0.2, -0.15) is 0 Å². The highest BCUT2D eigenvalue weighted by atomic mass is 16.5. The van der Waals surface area contributed by atoms with Crippen LogP contribution < -0.4 is 15.1 Å². The molecule has 116 valence electrons. The summed E-state index contributed by atoms with van der Waals surface area (Å²) < 4.78 is 5.42. The monoisotopic (exact) mass is 289 g/mol. The zero-order valence-corrected chi connectivity index (χ0v) is 13.2. The summed E-state index contributed by atoms with van der Waals surface area (Å²) in [7, 11) is 0. The van der Waals surface area contributed by atoms with Gasteiger partial charge in [0.25, 0.3) is 0 Å². The van der Waals surface area contributed by atoms with Crippen LogP contribution in [0.25, 0.3) is 0 Å². The average Bonchev–Trinajstić information content (AvgIpc) is 2.56. The fourth-order valence-electron chi connectivity index (χ4n) is 3.31. The molecule has 4 nitrogen and oxygen atoms in total. The molecule has 2 heterocycles. The van der Waals surface area contributed by atoms with Crippen LogP contribution in [0.2, 0.25) is 0 Å². The van der Waals surface area contributed by atoms with Crippen molar-refractivity contribution in [1.82, 2.24) is 5.32 Å². The third-order valence-corrected chi connectivity index (χ3v) is 4.64. The minimum Gasteiger partial charge on any atom is -0.378 e. The first kappa shape index (κ1) is 14.7. The van der Waals surface area contributed by atoms with Gasteiger partial charge in [0.1, 0.15) is 0 Å². The molecule has 2 atom stereocenters. The van der Waals surface area contributed by atoms with Gasteiger partial charge < -0.3 is 19.9 Å². The zero-order chi connectivity index (χ0) is 14.7. The lowest BCUT2D eigenvalue weighted by molar-refractivity contribution is 0.122. The van der Waals surface area contributed by atoms with Gasteiger partial charge in [0.05, 0.1) is 13.2 Å². The van der Waals surface area contributed by atoms with E-state index in [-0.39, 0.29) is 0 Å². The fourth-order valence-corrected chi connectivity index (χ4v) is 3.31. The molecule has 21 heavy (non-hydrogen) atoms. The summed E-state index contributed by atoms with van der Waals surface area (Å²) in [4.78, 5) is 4.97. The number of rotatable bonds is 3. The highest BCUT2D eigenvalue weighted by molar-refractivity contribution is 5.57. The van der Waals surface area contributed by atoms with Crippen molar-refractivity contribution in [3.63, 3.8) is 0 Å². The second kappa shape index (κ2) is 6.67. The van der Waals surface area contributed by atoms with E-state index in [9.17, 15) is 0 Å². The molecule has 2 aliphatic rings. The van der Waals surface area contributed by atoms with Gasteiger partial charge >= 0.3 is 0 Å². The molecule has 1 aromatic rings. The highest BCUT2D eigenvalue weighted by Gasteiger charge is 2.24. The number of piperazine rings is 1. The van der Waals surface area contributed by atoms with Gasteiger partial charge in [-0.05, 0) is 37.6 Å². The second-order valence-corrected chi connectivity index (χ2v) is 6.14. The summed E-state index contributed by atoms with van der Waals surface area (Å²) >= 11 is 0. The first-order chi connectivity index (χ1) is 10.3. The van der Waals surface area contributed by atoms with E-state index < -0.39 is 0 Å². The molecule has 3 rings (SSSR count). The Hall–Kier alpha value is -1.26. The Bertz CT molecular complexity index is 442. The van der Waals surface area contributed by atoms with Gasteiger partial charge in [0.2, 0.25) is 0 Å². The number of ether oxygens (including phenoxy) is 1. The maximum Gasteiger partial charge on any atom is 0.0642 e. The Morgan fingerprint density at radius 3 is 2.48 bits per heavy atom. The number of hydrogen-bond donors (Lipinski definition) is 1. The Morgan fingerprint density at radius 1 is 1.14 bits per heavy atom. The smallest absolute Gasteiger partial charge is 0.0642 e. The molecule has 1 aromatic carbocycles. The minimum atomic E-state index is 0.562.